The molecule has 1 unspecified atom stereocenters. The number of nitrogens with zero attached hydrogens (tertiary/aromatic N) is 2. The second-order valence-corrected chi connectivity index (χ2v) is 14.7. The maximum atomic E-state index is 6.31. The van der Waals surface area contributed by atoms with Crippen LogP contribution in [0.15, 0.2) is 4.41 Å². The van der Waals surface area contributed by atoms with Crippen molar-refractivity contribution in [2.24, 2.45) is 4.41 Å². The Bertz CT molecular complexity index is 257. The first-order chi connectivity index (χ1) is 7.23. The standard InChI is InChI=1S/C11H28ClN2PSi/c1-8-14(9-2)15(10-12,11(3)4)13-16(5,6)7/h11H,8-10H2,1-7H3. The van der Waals surface area contributed by atoms with Gasteiger partial charge in [-0.25, -0.2) is 0 Å². The molecule has 5 heteroatoms. The Morgan fingerprint density at radius 2 is 1.62 bits per heavy atom. The van der Waals surface area contributed by atoms with Gasteiger partial charge in [0.15, 0.2) is 8.24 Å². The van der Waals surface area contributed by atoms with Gasteiger partial charge in [0.2, 0.25) is 0 Å². The molecule has 0 aliphatic rings. The van der Waals surface area contributed by atoms with Gasteiger partial charge >= 0.3 is 0 Å². The summed E-state index contributed by atoms with van der Waals surface area (Å²) in [6.45, 7) is 18.0. The molecule has 0 spiro atoms. The number of hydrogen-bond acceptors (Lipinski definition) is 1. The molecule has 1 atom stereocenters. The molecule has 0 aromatic heterocycles. The van der Waals surface area contributed by atoms with Crippen LogP contribution < -0.4 is 0 Å². The van der Waals surface area contributed by atoms with Gasteiger partial charge in [-0.1, -0.05) is 47.3 Å². The minimum atomic E-state index is -1.50. The van der Waals surface area contributed by atoms with Crippen LogP contribution in [0.3, 0.4) is 0 Å². The molecule has 0 rings (SSSR count). The van der Waals surface area contributed by atoms with Gasteiger partial charge < -0.3 is 4.41 Å². The zero-order valence-corrected chi connectivity index (χ0v) is 14.6. The van der Waals surface area contributed by atoms with Crippen molar-refractivity contribution in [3.8, 4) is 0 Å². The van der Waals surface area contributed by atoms with Gasteiger partial charge in [0.05, 0.1) is 5.62 Å². The second kappa shape index (κ2) is 6.58. The van der Waals surface area contributed by atoms with E-state index in [0.29, 0.717) is 11.3 Å². The minimum Gasteiger partial charge on any atom is -0.323 e. The summed E-state index contributed by atoms with van der Waals surface area (Å²) < 4.78 is 7.76. The molecule has 98 valence electrons. The summed E-state index contributed by atoms with van der Waals surface area (Å²) in [6, 6.07) is 0. The first-order valence-electron chi connectivity index (χ1n) is 6.17. The van der Waals surface area contributed by atoms with Gasteiger partial charge in [0.1, 0.15) is 0 Å². The molecule has 0 aromatic rings. The summed E-state index contributed by atoms with van der Waals surface area (Å²) in [5.41, 5.74) is 1.27. The first kappa shape index (κ1) is 16.7. The predicted molar refractivity (Wildman–Crippen MR) is 81.5 cm³/mol. The van der Waals surface area contributed by atoms with Crippen LogP contribution in [0, 0.1) is 0 Å². The van der Waals surface area contributed by atoms with Crippen molar-refractivity contribution < 1.29 is 0 Å². The van der Waals surface area contributed by atoms with E-state index >= 15 is 0 Å². The molecule has 0 heterocycles. The van der Waals surface area contributed by atoms with Crippen LogP contribution in [0.5, 0.6) is 0 Å². The maximum Gasteiger partial charge on any atom is 0.172 e. The van der Waals surface area contributed by atoms with E-state index in [-0.39, 0.29) is 0 Å². The molecule has 0 aliphatic carbocycles. The van der Waals surface area contributed by atoms with Gasteiger partial charge in [-0.15, -0.1) is 11.6 Å². The largest absolute Gasteiger partial charge is 0.323 e. The van der Waals surface area contributed by atoms with Crippen LogP contribution in [0.2, 0.25) is 19.6 Å². The lowest BCUT2D eigenvalue weighted by atomic mass is 10.6. The molecular formula is C11H28ClN2PSi. The van der Waals surface area contributed by atoms with E-state index in [9.17, 15) is 0 Å². The second-order valence-electron chi connectivity index (χ2n) is 5.41. The Morgan fingerprint density at radius 1 is 1.19 bits per heavy atom. The summed E-state index contributed by atoms with van der Waals surface area (Å²) in [7, 11) is -2.92. The molecule has 0 saturated carbocycles. The SMILES string of the molecule is CCN(CC)P(CCl)(=N[Si](C)(C)C)C(C)C. The van der Waals surface area contributed by atoms with Crippen molar-refractivity contribution in [3.05, 3.63) is 0 Å². The van der Waals surface area contributed by atoms with Gasteiger partial charge in [0, 0.05) is 26.0 Å². The van der Waals surface area contributed by atoms with Crippen LogP contribution >= 0.6 is 18.8 Å². The summed E-state index contributed by atoms with van der Waals surface area (Å²) in [4.78, 5) is 0. The minimum absolute atomic E-state index is 0.566. The average Bonchev–Trinajstić information content (AvgIpc) is 2.15. The third-order valence-corrected chi connectivity index (χ3v) is 11.1. The van der Waals surface area contributed by atoms with Gasteiger partial charge in [-0.05, 0) is 0 Å². The van der Waals surface area contributed by atoms with Crippen molar-refractivity contribution >= 4 is 27.0 Å². The third kappa shape index (κ3) is 4.18. The fourth-order valence-corrected chi connectivity index (χ4v) is 11.6. The fraction of sp³-hybridized carbons (Fsp3) is 1.00. The van der Waals surface area contributed by atoms with E-state index in [2.05, 4.69) is 52.0 Å². The zero-order chi connectivity index (χ0) is 13.0. The maximum absolute atomic E-state index is 6.31. The van der Waals surface area contributed by atoms with Crippen LogP contribution in [-0.4, -0.2) is 37.3 Å². The highest BCUT2D eigenvalue weighted by molar-refractivity contribution is 7.67. The van der Waals surface area contributed by atoms with Crippen molar-refractivity contribution in [2.75, 3.05) is 18.7 Å². The Kier molecular flexibility index (Phi) is 6.87. The van der Waals surface area contributed by atoms with Crippen LogP contribution in [0.4, 0.5) is 0 Å². The quantitative estimate of drug-likeness (QED) is 0.385. The van der Waals surface area contributed by atoms with Crippen LogP contribution in [-0.2, 0) is 0 Å². The molecular weight excluding hydrogens is 255 g/mol. The summed E-state index contributed by atoms with van der Waals surface area (Å²) >= 11 is 6.31. The highest BCUT2D eigenvalue weighted by Crippen LogP contribution is 2.59. The van der Waals surface area contributed by atoms with E-state index in [1.165, 1.54) is 0 Å². The molecule has 16 heavy (non-hydrogen) atoms. The van der Waals surface area contributed by atoms with Crippen molar-refractivity contribution in [1.29, 1.82) is 0 Å². The molecule has 0 fully saturated rings. The Balaban J connectivity index is 5.58. The molecule has 0 saturated heterocycles. The number of halogens is 1. The number of hydrogen-bond donors (Lipinski definition) is 0. The summed E-state index contributed by atoms with van der Waals surface area (Å²) in [5, 5.41) is 0. The summed E-state index contributed by atoms with van der Waals surface area (Å²) in [5.74, 6) is 0. The molecule has 0 N–H and O–H groups in total. The van der Waals surface area contributed by atoms with Gasteiger partial charge in [-0.2, -0.15) is 0 Å². The number of rotatable bonds is 6. The lowest BCUT2D eigenvalue weighted by Crippen LogP contribution is -2.28. The third-order valence-electron chi connectivity index (χ3n) is 2.70. The smallest absolute Gasteiger partial charge is 0.172 e. The van der Waals surface area contributed by atoms with Gasteiger partial charge in [0.25, 0.3) is 0 Å². The molecule has 0 bridgehead atoms. The zero-order valence-electron chi connectivity index (χ0n) is 11.9. The Labute approximate surface area is 108 Å². The predicted octanol–water partition coefficient (Wildman–Crippen LogP) is 4.88. The van der Waals surface area contributed by atoms with E-state index in [1.54, 1.807) is 0 Å². The average molecular weight is 283 g/mol. The highest BCUT2D eigenvalue weighted by atomic mass is 35.5. The van der Waals surface area contributed by atoms with Crippen LogP contribution in [0.1, 0.15) is 27.7 Å². The van der Waals surface area contributed by atoms with Gasteiger partial charge in [-0.3, -0.25) is 4.67 Å². The number of alkyl halides is 1. The topological polar surface area (TPSA) is 15.6 Å². The van der Waals surface area contributed by atoms with E-state index in [4.69, 9.17) is 16.0 Å². The lowest BCUT2D eigenvalue weighted by molar-refractivity contribution is 0.496. The first-order valence-corrected chi connectivity index (χ1v) is 12.1. The normalized spacial score (nSPS) is 16.6. The molecule has 0 radical (unpaired) electrons. The fourth-order valence-electron chi connectivity index (χ4n) is 1.98. The Morgan fingerprint density at radius 3 is 1.81 bits per heavy atom. The highest BCUT2D eigenvalue weighted by Gasteiger charge is 2.31. The molecule has 0 aliphatic heterocycles. The van der Waals surface area contributed by atoms with Crippen LogP contribution in [0.25, 0.3) is 0 Å². The van der Waals surface area contributed by atoms with Crippen molar-refractivity contribution in [3.63, 3.8) is 0 Å². The molecule has 0 amide bonds. The van der Waals surface area contributed by atoms with E-state index < -0.39 is 15.4 Å². The summed E-state index contributed by atoms with van der Waals surface area (Å²) in [6.07, 6.45) is 0. The van der Waals surface area contributed by atoms with E-state index in [0.717, 1.165) is 13.1 Å². The monoisotopic (exact) mass is 282 g/mol. The lowest BCUT2D eigenvalue weighted by Gasteiger charge is -2.39. The molecule has 0 aromatic carbocycles. The molecule has 2 nitrogen and oxygen atoms in total. The van der Waals surface area contributed by atoms with Crippen molar-refractivity contribution in [2.45, 2.75) is 53.0 Å². The Hall–Kier alpha value is 0.697. The van der Waals surface area contributed by atoms with E-state index in [1.807, 2.05) is 0 Å². The van der Waals surface area contributed by atoms with Crippen molar-refractivity contribution in [1.82, 2.24) is 4.67 Å².